The number of pyridine rings is 1. The first-order valence-corrected chi connectivity index (χ1v) is 7.86. The summed E-state index contributed by atoms with van der Waals surface area (Å²) in [5, 5.41) is 7.13. The molecule has 0 saturated heterocycles. The second-order valence-corrected chi connectivity index (χ2v) is 6.69. The van der Waals surface area contributed by atoms with Crippen molar-refractivity contribution in [2.24, 2.45) is 17.3 Å². The summed E-state index contributed by atoms with van der Waals surface area (Å²) in [7, 11) is 0. The number of rotatable bonds is 5. The van der Waals surface area contributed by atoms with Crippen molar-refractivity contribution in [3.05, 3.63) is 36.0 Å². The van der Waals surface area contributed by atoms with Crippen LogP contribution < -0.4 is 10.6 Å². The Labute approximate surface area is 120 Å². The van der Waals surface area contributed by atoms with E-state index in [0.717, 1.165) is 30.7 Å². The second kappa shape index (κ2) is 4.59. The molecule has 3 aliphatic carbocycles. The van der Waals surface area contributed by atoms with Crippen LogP contribution in [0.3, 0.4) is 0 Å². The average Bonchev–Trinajstić information content (AvgIpc) is 3.12. The van der Waals surface area contributed by atoms with Gasteiger partial charge in [0.05, 0.1) is 0 Å². The molecule has 2 bridgehead atoms. The zero-order chi connectivity index (χ0) is 13.6. The Kier molecular flexibility index (Phi) is 2.84. The number of allylic oxidation sites excluding steroid dienone is 1. The van der Waals surface area contributed by atoms with Crippen LogP contribution in [0.4, 0.5) is 5.82 Å². The fourth-order valence-corrected chi connectivity index (χ4v) is 4.23. The third kappa shape index (κ3) is 1.96. The molecule has 1 aromatic heterocycles. The Balaban J connectivity index is 1.24. The summed E-state index contributed by atoms with van der Waals surface area (Å²) in [5.74, 6) is 2.66. The van der Waals surface area contributed by atoms with E-state index in [0.29, 0.717) is 11.5 Å². The van der Waals surface area contributed by atoms with Crippen molar-refractivity contribution in [2.45, 2.75) is 32.2 Å². The highest BCUT2D eigenvalue weighted by Crippen LogP contribution is 2.68. The van der Waals surface area contributed by atoms with E-state index in [4.69, 9.17) is 0 Å². The molecule has 2 N–H and O–H groups in total. The van der Waals surface area contributed by atoms with Gasteiger partial charge in [0.15, 0.2) is 0 Å². The van der Waals surface area contributed by atoms with Gasteiger partial charge in [0.2, 0.25) is 0 Å². The Hall–Kier alpha value is -1.35. The lowest BCUT2D eigenvalue weighted by Gasteiger charge is -2.21. The number of anilines is 1. The van der Waals surface area contributed by atoms with E-state index in [1.165, 1.54) is 24.8 Å². The molecule has 1 spiro atoms. The molecule has 3 aliphatic rings. The standard InChI is InChI=1S/C17H23N3/c1-12-2-5-16(20-11-12)19-9-8-18-15-10-13-3-4-14(15)17(13)6-7-17/h2-5,11,13-15,18H,6-10H2,1H3,(H,19,20). The molecule has 0 amide bonds. The minimum atomic E-state index is 0.698. The highest BCUT2D eigenvalue weighted by molar-refractivity contribution is 5.35. The topological polar surface area (TPSA) is 37.0 Å². The number of hydrogen-bond acceptors (Lipinski definition) is 3. The molecule has 4 rings (SSSR count). The first-order chi connectivity index (χ1) is 9.78. The highest BCUT2D eigenvalue weighted by atomic mass is 15.0. The molecule has 1 heterocycles. The second-order valence-electron chi connectivity index (χ2n) is 6.69. The first-order valence-electron chi connectivity index (χ1n) is 7.86. The number of hydrogen-bond donors (Lipinski definition) is 2. The van der Waals surface area contributed by atoms with Gasteiger partial charge in [-0.2, -0.15) is 0 Å². The fourth-order valence-electron chi connectivity index (χ4n) is 4.23. The van der Waals surface area contributed by atoms with Crippen LogP contribution in [0.5, 0.6) is 0 Å². The average molecular weight is 269 g/mol. The van der Waals surface area contributed by atoms with Gasteiger partial charge in [-0.25, -0.2) is 4.98 Å². The Morgan fingerprint density at radius 3 is 2.85 bits per heavy atom. The molecular weight excluding hydrogens is 246 g/mol. The highest BCUT2D eigenvalue weighted by Gasteiger charge is 2.62. The molecule has 0 radical (unpaired) electrons. The van der Waals surface area contributed by atoms with Gasteiger partial charge in [-0.15, -0.1) is 0 Å². The van der Waals surface area contributed by atoms with Crippen LogP contribution >= 0.6 is 0 Å². The van der Waals surface area contributed by atoms with Crippen molar-refractivity contribution in [3.8, 4) is 0 Å². The molecule has 0 aliphatic heterocycles. The van der Waals surface area contributed by atoms with Gasteiger partial charge in [0.1, 0.15) is 5.82 Å². The third-order valence-corrected chi connectivity index (χ3v) is 5.47. The van der Waals surface area contributed by atoms with Crippen molar-refractivity contribution in [1.29, 1.82) is 0 Å². The Morgan fingerprint density at radius 2 is 2.15 bits per heavy atom. The van der Waals surface area contributed by atoms with Crippen molar-refractivity contribution in [1.82, 2.24) is 10.3 Å². The normalized spacial score (nSPS) is 31.9. The maximum absolute atomic E-state index is 4.37. The summed E-state index contributed by atoms with van der Waals surface area (Å²) in [5.41, 5.74) is 1.90. The number of nitrogens with zero attached hydrogens (tertiary/aromatic N) is 1. The first kappa shape index (κ1) is 12.4. The molecule has 106 valence electrons. The summed E-state index contributed by atoms with van der Waals surface area (Å²) in [6, 6.07) is 4.86. The van der Waals surface area contributed by atoms with Crippen LogP contribution in [0, 0.1) is 24.2 Å². The molecule has 2 fully saturated rings. The number of aryl methyl sites for hydroxylation is 1. The quantitative estimate of drug-likeness (QED) is 0.637. The maximum atomic E-state index is 4.37. The van der Waals surface area contributed by atoms with E-state index < -0.39 is 0 Å². The van der Waals surface area contributed by atoms with E-state index in [9.17, 15) is 0 Å². The minimum absolute atomic E-state index is 0.698. The molecule has 3 nitrogen and oxygen atoms in total. The molecule has 3 atom stereocenters. The Morgan fingerprint density at radius 1 is 1.25 bits per heavy atom. The minimum Gasteiger partial charge on any atom is -0.369 e. The molecule has 3 unspecified atom stereocenters. The monoisotopic (exact) mass is 269 g/mol. The molecule has 2 saturated carbocycles. The lowest BCUT2D eigenvalue weighted by Crippen LogP contribution is -2.36. The van der Waals surface area contributed by atoms with Crippen molar-refractivity contribution in [3.63, 3.8) is 0 Å². The van der Waals surface area contributed by atoms with Gasteiger partial charge in [0.25, 0.3) is 0 Å². The number of nitrogens with one attached hydrogen (secondary N) is 2. The van der Waals surface area contributed by atoms with E-state index >= 15 is 0 Å². The lowest BCUT2D eigenvalue weighted by atomic mass is 9.92. The SMILES string of the molecule is Cc1ccc(NCCNC2CC3C=CC2C32CC2)nc1. The molecule has 20 heavy (non-hydrogen) atoms. The molecular formula is C17H23N3. The fraction of sp³-hybridized carbons (Fsp3) is 0.588. The van der Waals surface area contributed by atoms with Gasteiger partial charge in [-0.05, 0) is 55.1 Å². The van der Waals surface area contributed by atoms with Crippen LogP contribution in [0.25, 0.3) is 0 Å². The summed E-state index contributed by atoms with van der Waals surface area (Å²) >= 11 is 0. The summed E-state index contributed by atoms with van der Waals surface area (Å²) < 4.78 is 0. The number of aromatic nitrogens is 1. The van der Waals surface area contributed by atoms with Gasteiger partial charge in [0, 0.05) is 25.3 Å². The van der Waals surface area contributed by atoms with E-state index in [1.807, 2.05) is 6.20 Å². The lowest BCUT2D eigenvalue weighted by molar-refractivity contribution is 0.373. The largest absolute Gasteiger partial charge is 0.369 e. The zero-order valence-electron chi connectivity index (χ0n) is 12.1. The summed E-state index contributed by atoms with van der Waals surface area (Å²) in [4.78, 5) is 4.37. The van der Waals surface area contributed by atoms with Crippen LogP contribution in [-0.4, -0.2) is 24.1 Å². The molecule has 1 aromatic rings. The Bertz CT molecular complexity index is 516. The predicted molar refractivity (Wildman–Crippen MR) is 81.7 cm³/mol. The van der Waals surface area contributed by atoms with Crippen LogP contribution in [0.1, 0.15) is 24.8 Å². The smallest absolute Gasteiger partial charge is 0.125 e. The molecule has 3 heteroatoms. The molecule has 0 aromatic carbocycles. The maximum Gasteiger partial charge on any atom is 0.125 e. The van der Waals surface area contributed by atoms with Crippen LogP contribution in [0.15, 0.2) is 30.5 Å². The van der Waals surface area contributed by atoms with Gasteiger partial charge >= 0.3 is 0 Å². The van der Waals surface area contributed by atoms with E-state index in [-0.39, 0.29) is 0 Å². The summed E-state index contributed by atoms with van der Waals surface area (Å²) in [6.45, 7) is 4.03. The van der Waals surface area contributed by atoms with Crippen molar-refractivity contribution < 1.29 is 0 Å². The van der Waals surface area contributed by atoms with Gasteiger partial charge < -0.3 is 10.6 Å². The zero-order valence-corrected chi connectivity index (χ0v) is 12.1. The third-order valence-electron chi connectivity index (χ3n) is 5.47. The van der Waals surface area contributed by atoms with Crippen LogP contribution in [-0.2, 0) is 0 Å². The van der Waals surface area contributed by atoms with E-state index in [1.54, 1.807) is 0 Å². The van der Waals surface area contributed by atoms with Crippen molar-refractivity contribution in [2.75, 3.05) is 18.4 Å². The predicted octanol–water partition coefficient (Wildman–Crippen LogP) is 2.75. The van der Waals surface area contributed by atoms with Crippen LogP contribution in [0.2, 0.25) is 0 Å². The van der Waals surface area contributed by atoms with E-state index in [2.05, 4.69) is 46.8 Å². The van der Waals surface area contributed by atoms with Gasteiger partial charge in [-0.3, -0.25) is 0 Å². The van der Waals surface area contributed by atoms with Gasteiger partial charge in [-0.1, -0.05) is 18.2 Å². The summed E-state index contributed by atoms with van der Waals surface area (Å²) in [6.07, 6.45) is 11.1. The van der Waals surface area contributed by atoms with Crippen molar-refractivity contribution >= 4 is 5.82 Å².